The molecule has 0 aliphatic heterocycles. The first-order valence-electron chi connectivity index (χ1n) is 3.25. The van der Waals surface area contributed by atoms with Crippen LogP contribution >= 0.6 is 0 Å². The van der Waals surface area contributed by atoms with Crippen molar-refractivity contribution in [3.8, 4) is 0 Å². The van der Waals surface area contributed by atoms with Gasteiger partial charge in [0.05, 0.1) is 0 Å². The Morgan fingerprint density at radius 2 is 2.09 bits per heavy atom. The molecule has 0 unspecified atom stereocenters. The maximum absolute atomic E-state index is 12.4. The fraction of sp³-hybridized carbons (Fsp3) is 0.500. The Balaban J connectivity index is 3.02. The van der Waals surface area contributed by atoms with Gasteiger partial charge in [-0.15, -0.1) is 4.79 Å². The summed E-state index contributed by atoms with van der Waals surface area (Å²) in [6.45, 7) is 1.74. The van der Waals surface area contributed by atoms with Crippen molar-refractivity contribution < 1.29 is 13.3 Å². The minimum absolute atomic E-state index is 0.152. The van der Waals surface area contributed by atoms with Gasteiger partial charge in [0, 0.05) is 0 Å². The van der Waals surface area contributed by atoms with Crippen LogP contribution in [0.1, 0.15) is 19.0 Å². The molecule has 0 saturated carbocycles. The smallest absolute Gasteiger partial charge is 0.183 e. The average molecular weight is 164 g/mol. The molecule has 0 fully saturated rings. The van der Waals surface area contributed by atoms with Crippen molar-refractivity contribution in [3.63, 3.8) is 0 Å². The standard InChI is InChI=1S/C6H7F3N2/c1-2-3-4-5(7)10-6(8)11(4)9/h2-3H2,1H3. The highest BCUT2D eigenvalue weighted by Crippen LogP contribution is 2.11. The molecule has 0 amide bonds. The molecule has 0 radical (unpaired) electrons. The van der Waals surface area contributed by atoms with E-state index in [-0.39, 0.29) is 16.9 Å². The summed E-state index contributed by atoms with van der Waals surface area (Å²) in [6, 6.07) is 0. The molecule has 0 saturated heterocycles. The van der Waals surface area contributed by atoms with Gasteiger partial charge >= 0.3 is 6.08 Å². The van der Waals surface area contributed by atoms with Crippen LogP contribution in [0.4, 0.5) is 13.3 Å². The van der Waals surface area contributed by atoms with Gasteiger partial charge < -0.3 is 0 Å². The highest BCUT2D eigenvalue weighted by atomic mass is 19.2. The first-order valence-corrected chi connectivity index (χ1v) is 3.25. The van der Waals surface area contributed by atoms with Gasteiger partial charge in [-0.2, -0.15) is 13.8 Å². The van der Waals surface area contributed by atoms with Gasteiger partial charge in [-0.25, -0.2) is 0 Å². The third-order valence-corrected chi connectivity index (χ3v) is 1.31. The molecule has 62 valence electrons. The van der Waals surface area contributed by atoms with E-state index in [4.69, 9.17) is 0 Å². The van der Waals surface area contributed by atoms with Gasteiger partial charge in [0.25, 0.3) is 0 Å². The zero-order valence-corrected chi connectivity index (χ0v) is 5.94. The fourth-order valence-corrected chi connectivity index (χ4v) is 0.820. The molecule has 5 heteroatoms. The molecule has 1 aromatic heterocycles. The minimum atomic E-state index is -1.43. The van der Waals surface area contributed by atoms with Crippen LogP contribution in [0, 0.1) is 12.0 Å². The number of halogens is 3. The topological polar surface area (TPSA) is 17.8 Å². The number of imidazole rings is 1. The first-order chi connectivity index (χ1) is 5.16. The Kier molecular flexibility index (Phi) is 2.16. The van der Waals surface area contributed by atoms with Crippen LogP contribution in [0.5, 0.6) is 0 Å². The van der Waals surface area contributed by atoms with E-state index in [9.17, 15) is 13.3 Å². The monoisotopic (exact) mass is 164 g/mol. The van der Waals surface area contributed by atoms with Crippen LogP contribution in [0.25, 0.3) is 0 Å². The van der Waals surface area contributed by atoms with Gasteiger partial charge in [-0.1, -0.05) is 17.8 Å². The molecule has 0 aliphatic rings. The summed E-state index contributed by atoms with van der Waals surface area (Å²) in [5, 5.41) is 0. The summed E-state index contributed by atoms with van der Waals surface area (Å²) in [6.07, 6.45) is -0.725. The van der Waals surface area contributed by atoms with Crippen LogP contribution in [-0.2, 0) is 6.42 Å². The summed E-state index contributed by atoms with van der Waals surface area (Å²) >= 11 is 0. The van der Waals surface area contributed by atoms with Crippen LogP contribution < -0.4 is 0 Å². The first kappa shape index (κ1) is 8.10. The third kappa shape index (κ3) is 1.36. The van der Waals surface area contributed by atoms with Crippen LogP contribution in [0.2, 0.25) is 0 Å². The second-order valence-electron chi connectivity index (χ2n) is 2.15. The van der Waals surface area contributed by atoms with Crippen molar-refractivity contribution in [3.05, 3.63) is 17.7 Å². The van der Waals surface area contributed by atoms with E-state index in [0.29, 0.717) is 6.42 Å². The van der Waals surface area contributed by atoms with Gasteiger partial charge in [0.15, 0.2) is 0 Å². The number of nitrogens with zero attached hydrogens (tertiary/aromatic N) is 2. The zero-order valence-electron chi connectivity index (χ0n) is 5.94. The molecular formula is C6H7F3N2. The van der Waals surface area contributed by atoms with Crippen molar-refractivity contribution in [2.45, 2.75) is 19.8 Å². The molecule has 0 N–H and O–H groups in total. The van der Waals surface area contributed by atoms with Crippen molar-refractivity contribution in [2.24, 2.45) is 0 Å². The Labute approximate surface area is 61.6 Å². The molecule has 0 bridgehead atoms. The maximum Gasteiger partial charge on any atom is 0.320 e. The molecule has 11 heavy (non-hydrogen) atoms. The summed E-state index contributed by atoms with van der Waals surface area (Å²) in [7, 11) is 0. The molecule has 0 atom stereocenters. The van der Waals surface area contributed by atoms with Gasteiger partial charge in [0.2, 0.25) is 5.95 Å². The maximum atomic E-state index is 12.4. The molecule has 2 nitrogen and oxygen atoms in total. The lowest BCUT2D eigenvalue weighted by atomic mass is 10.3. The van der Waals surface area contributed by atoms with Crippen molar-refractivity contribution in [1.29, 1.82) is 0 Å². The summed E-state index contributed by atoms with van der Waals surface area (Å²) in [5.41, 5.74) is -0.329. The lowest BCUT2D eigenvalue weighted by molar-refractivity contribution is 0.277. The fourth-order valence-electron chi connectivity index (χ4n) is 0.820. The molecule has 1 heterocycles. The lowest BCUT2D eigenvalue weighted by Gasteiger charge is -1.93. The zero-order chi connectivity index (χ0) is 8.43. The Hall–Kier alpha value is -1.00. The van der Waals surface area contributed by atoms with Gasteiger partial charge in [0.1, 0.15) is 5.69 Å². The molecule has 1 aromatic rings. The predicted octanol–water partition coefficient (Wildman–Crippen LogP) is 1.85. The van der Waals surface area contributed by atoms with E-state index >= 15 is 0 Å². The van der Waals surface area contributed by atoms with Gasteiger partial charge in [-0.05, 0) is 6.42 Å². The highest BCUT2D eigenvalue weighted by molar-refractivity contribution is 5.00. The number of aromatic nitrogens is 2. The van der Waals surface area contributed by atoms with Crippen molar-refractivity contribution >= 4 is 0 Å². The number of rotatable bonds is 2. The van der Waals surface area contributed by atoms with Crippen molar-refractivity contribution in [2.75, 3.05) is 0 Å². The molecule has 1 rings (SSSR count). The molecule has 0 spiro atoms. The normalized spacial score (nSPS) is 10.5. The Morgan fingerprint density at radius 1 is 1.45 bits per heavy atom. The van der Waals surface area contributed by atoms with E-state index in [2.05, 4.69) is 4.98 Å². The molecular weight excluding hydrogens is 157 g/mol. The number of hydrogen-bond donors (Lipinski definition) is 0. The van der Waals surface area contributed by atoms with Crippen LogP contribution in [0.3, 0.4) is 0 Å². The SMILES string of the molecule is CCCc1c(F)nc(F)n1F. The van der Waals surface area contributed by atoms with E-state index < -0.39 is 12.0 Å². The van der Waals surface area contributed by atoms with E-state index in [1.807, 2.05) is 0 Å². The predicted molar refractivity (Wildman–Crippen MR) is 32.6 cm³/mol. The highest BCUT2D eigenvalue weighted by Gasteiger charge is 2.15. The summed E-state index contributed by atoms with van der Waals surface area (Å²) in [5.74, 6) is -1.06. The van der Waals surface area contributed by atoms with Crippen LogP contribution in [-0.4, -0.2) is 9.77 Å². The Bertz CT molecular complexity index is 257. The Morgan fingerprint density at radius 3 is 2.45 bits per heavy atom. The largest absolute Gasteiger partial charge is 0.320 e. The van der Waals surface area contributed by atoms with Crippen LogP contribution in [0.15, 0.2) is 0 Å². The second kappa shape index (κ2) is 2.94. The van der Waals surface area contributed by atoms with Crippen molar-refractivity contribution in [1.82, 2.24) is 9.77 Å². The second-order valence-corrected chi connectivity index (χ2v) is 2.15. The third-order valence-electron chi connectivity index (χ3n) is 1.31. The number of hydrogen-bond acceptors (Lipinski definition) is 1. The quantitative estimate of drug-likeness (QED) is 0.652. The van der Waals surface area contributed by atoms with E-state index in [1.54, 1.807) is 6.92 Å². The summed E-state index contributed by atoms with van der Waals surface area (Å²) < 4.78 is 37.1. The molecule has 0 aliphatic carbocycles. The van der Waals surface area contributed by atoms with E-state index in [1.165, 1.54) is 0 Å². The molecule has 0 aromatic carbocycles. The minimum Gasteiger partial charge on any atom is -0.183 e. The summed E-state index contributed by atoms with van der Waals surface area (Å²) in [4.78, 5) is 2.32. The average Bonchev–Trinajstić information content (AvgIpc) is 2.17. The van der Waals surface area contributed by atoms with Gasteiger partial charge in [-0.3, -0.25) is 0 Å². The lowest BCUT2D eigenvalue weighted by Crippen LogP contribution is -1.95. The van der Waals surface area contributed by atoms with E-state index in [0.717, 1.165) is 0 Å².